The molecule has 1 aliphatic carbocycles. The highest BCUT2D eigenvalue weighted by Crippen LogP contribution is 2.40. The van der Waals surface area contributed by atoms with Gasteiger partial charge < -0.3 is 9.84 Å². The summed E-state index contributed by atoms with van der Waals surface area (Å²) in [5.41, 5.74) is -0.470. The normalized spacial score (nSPS) is 27.1. The van der Waals surface area contributed by atoms with Crippen molar-refractivity contribution in [3.8, 4) is 0 Å². The number of esters is 1. The van der Waals surface area contributed by atoms with Crippen LogP contribution in [0.25, 0.3) is 0 Å². The number of ether oxygens (including phenoxy) is 1. The zero-order valence-corrected chi connectivity index (χ0v) is 10.1. The van der Waals surface area contributed by atoms with Crippen molar-refractivity contribution in [2.45, 2.75) is 59.2 Å². The van der Waals surface area contributed by atoms with E-state index in [2.05, 4.69) is 0 Å². The highest BCUT2D eigenvalue weighted by atomic mass is 16.5. The van der Waals surface area contributed by atoms with Crippen LogP contribution in [-0.4, -0.2) is 23.3 Å². The fraction of sp³-hybridized carbons (Fsp3) is 0.917. The summed E-state index contributed by atoms with van der Waals surface area (Å²) < 4.78 is 5.24. The first-order valence-electron chi connectivity index (χ1n) is 5.73. The van der Waals surface area contributed by atoms with Crippen LogP contribution in [0.5, 0.6) is 0 Å². The van der Waals surface area contributed by atoms with Crippen LogP contribution in [0.4, 0.5) is 0 Å². The molecule has 0 aliphatic heterocycles. The highest BCUT2D eigenvalue weighted by molar-refractivity contribution is 5.76. The molecule has 1 rings (SSSR count). The van der Waals surface area contributed by atoms with Gasteiger partial charge in [0, 0.05) is 0 Å². The lowest BCUT2D eigenvalue weighted by Gasteiger charge is -2.30. The third-order valence-corrected chi connectivity index (χ3v) is 3.29. The van der Waals surface area contributed by atoms with E-state index in [0.717, 1.165) is 19.3 Å². The molecule has 1 fully saturated rings. The second kappa shape index (κ2) is 4.52. The Morgan fingerprint density at radius 3 is 2.40 bits per heavy atom. The Hall–Kier alpha value is -0.570. The van der Waals surface area contributed by atoms with Gasteiger partial charge in [0.25, 0.3) is 0 Å². The minimum atomic E-state index is -0.470. The van der Waals surface area contributed by atoms with Gasteiger partial charge in [0.15, 0.2) is 0 Å². The molecule has 2 unspecified atom stereocenters. The van der Waals surface area contributed by atoms with Gasteiger partial charge in [-0.2, -0.15) is 0 Å². The first-order valence-corrected chi connectivity index (χ1v) is 5.73. The highest BCUT2D eigenvalue weighted by Gasteiger charge is 2.42. The molecular formula is C12H22O3. The topological polar surface area (TPSA) is 46.5 Å². The van der Waals surface area contributed by atoms with Crippen molar-refractivity contribution in [1.29, 1.82) is 0 Å². The quantitative estimate of drug-likeness (QED) is 0.732. The van der Waals surface area contributed by atoms with Gasteiger partial charge in [-0.15, -0.1) is 0 Å². The zero-order valence-electron chi connectivity index (χ0n) is 10.1. The van der Waals surface area contributed by atoms with Crippen LogP contribution in [0.1, 0.15) is 47.0 Å². The predicted octanol–water partition coefficient (Wildman–Crippen LogP) is 2.13. The molecule has 0 aromatic heterocycles. The molecule has 0 radical (unpaired) electrons. The van der Waals surface area contributed by atoms with Gasteiger partial charge in [0.2, 0.25) is 0 Å². The van der Waals surface area contributed by atoms with Crippen molar-refractivity contribution in [3.05, 3.63) is 0 Å². The molecule has 0 spiro atoms. The van der Waals surface area contributed by atoms with E-state index in [9.17, 15) is 9.90 Å². The largest absolute Gasteiger partial charge is 0.463 e. The minimum Gasteiger partial charge on any atom is -0.463 e. The average molecular weight is 214 g/mol. The summed E-state index contributed by atoms with van der Waals surface area (Å²) in [5.74, 6) is 0.107. The number of carbonyl (C=O) groups is 1. The van der Waals surface area contributed by atoms with Gasteiger partial charge >= 0.3 is 5.97 Å². The Morgan fingerprint density at radius 2 is 2.00 bits per heavy atom. The van der Waals surface area contributed by atoms with E-state index in [4.69, 9.17) is 4.74 Å². The van der Waals surface area contributed by atoms with Gasteiger partial charge in [0.05, 0.1) is 17.6 Å². The average Bonchev–Trinajstić information content (AvgIpc) is 2.50. The molecule has 0 saturated heterocycles. The smallest absolute Gasteiger partial charge is 0.312 e. The van der Waals surface area contributed by atoms with Gasteiger partial charge in [-0.1, -0.05) is 0 Å². The van der Waals surface area contributed by atoms with Gasteiger partial charge in [0.1, 0.15) is 0 Å². The first kappa shape index (κ1) is 12.5. The van der Waals surface area contributed by atoms with Crippen molar-refractivity contribution in [1.82, 2.24) is 0 Å². The number of aliphatic hydroxyl groups excluding tert-OH is 1. The zero-order chi connectivity index (χ0) is 11.6. The molecule has 1 saturated carbocycles. The Labute approximate surface area is 91.8 Å². The number of carbonyl (C=O) groups excluding carboxylic acids is 1. The molecule has 0 aromatic carbocycles. The molecule has 0 amide bonds. The van der Waals surface area contributed by atoms with Crippen molar-refractivity contribution in [3.63, 3.8) is 0 Å². The summed E-state index contributed by atoms with van der Waals surface area (Å²) >= 11 is 0. The molecule has 15 heavy (non-hydrogen) atoms. The molecule has 3 heteroatoms. The molecule has 2 atom stereocenters. The lowest BCUT2D eigenvalue weighted by Crippen LogP contribution is -2.35. The van der Waals surface area contributed by atoms with E-state index < -0.39 is 5.41 Å². The van der Waals surface area contributed by atoms with Crippen LogP contribution in [0, 0.1) is 11.3 Å². The van der Waals surface area contributed by atoms with Crippen molar-refractivity contribution in [2.24, 2.45) is 11.3 Å². The van der Waals surface area contributed by atoms with Crippen LogP contribution in [0.2, 0.25) is 0 Å². The summed E-state index contributed by atoms with van der Waals surface area (Å²) in [5, 5.41) is 9.47. The van der Waals surface area contributed by atoms with E-state index in [1.165, 1.54) is 0 Å². The van der Waals surface area contributed by atoms with Crippen molar-refractivity contribution < 1.29 is 14.6 Å². The fourth-order valence-electron chi connectivity index (χ4n) is 2.15. The summed E-state index contributed by atoms with van der Waals surface area (Å²) in [6.45, 7) is 7.55. The van der Waals surface area contributed by atoms with Gasteiger partial charge in [-0.3, -0.25) is 4.79 Å². The van der Waals surface area contributed by atoms with E-state index in [0.29, 0.717) is 0 Å². The fourth-order valence-corrected chi connectivity index (χ4v) is 2.15. The van der Waals surface area contributed by atoms with Gasteiger partial charge in [-0.25, -0.2) is 0 Å². The standard InChI is InChI=1S/C12H22O3/c1-8(2)15-11(14)12(3,4)9-5-6-10(13)7-9/h8-10,13H,5-7H2,1-4H3. The molecule has 0 aromatic rings. The van der Waals surface area contributed by atoms with Crippen LogP contribution in [-0.2, 0) is 9.53 Å². The SMILES string of the molecule is CC(C)OC(=O)C(C)(C)C1CCC(O)C1. The summed E-state index contributed by atoms with van der Waals surface area (Å²) in [4.78, 5) is 11.9. The summed E-state index contributed by atoms with van der Waals surface area (Å²) in [6, 6.07) is 0. The molecule has 3 nitrogen and oxygen atoms in total. The number of aliphatic hydroxyl groups is 1. The lowest BCUT2D eigenvalue weighted by molar-refractivity contribution is -0.161. The maximum atomic E-state index is 11.9. The van der Waals surface area contributed by atoms with Crippen LogP contribution in [0.3, 0.4) is 0 Å². The van der Waals surface area contributed by atoms with Crippen LogP contribution < -0.4 is 0 Å². The molecule has 1 N–H and O–H groups in total. The summed E-state index contributed by atoms with van der Waals surface area (Å²) in [7, 11) is 0. The maximum Gasteiger partial charge on any atom is 0.312 e. The number of hydrogen-bond donors (Lipinski definition) is 1. The second-order valence-corrected chi connectivity index (χ2v) is 5.34. The van der Waals surface area contributed by atoms with Crippen molar-refractivity contribution >= 4 is 5.97 Å². The number of rotatable bonds is 3. The Balaban J connectivity index is 2.61. The minimum absolute atomic E-state index is 0.0666. The molecular weight excluding hydrogens is 192 g/mol. The third kappa shape index (κ3) is 2.94. The molecule has 0 heterocycles. The molecule has 0 bridgehead atoms. The maximum absolute atomic E-state index is 11.9. The van der Waals surface area contributed by atoms with E-state index in [1.807, 2.05) is 27.7 Å². The first-order chi connectivity index (χ1) is 6.84. The summed E-state index contributed by atoms with van der Waals surface area (Å²) in [6.07, 6.45) is 2.15. The Morgan fingerprint density at radius 1 is 1.40 bits per heavy atom. The second-order valence-electron chi connectivity index (χ2n) is 5.34. The van der Waals surface area contributed by atoms with Gasteiger partial charge in [-0.05, 0) is 52.9 Å². The third-order valence-electron chi connectivity index (χ3n) is 3.29. The van der Waals surface area contributed by atoms with E-state index in [1.54, 1.807) is 0 Å². The van der Waals surface area contributed by atoms with Crippen molar-refractivity contribution in [2.75, 3.05) is 0 Å². The number of hydrogen-bond acceptors (Lipinski definition) is 3. The Kier molecular flexibility index (Phi) is 3.77. The van der Waals surface area contributed by atoms with Crippen LogP contribution >= 0.6 is 0 Å². The van der Waals surface area contributed by atoms with E-state index in [-0.39, 0.29) is 24.1 Å². The predicted molar refractivity (Wildman–Crippen MR) is 58.4 cm³/mol. The Bertz CT molecular complexity index is 233. The molecule has 1 aliphatic rings. The lowest BCUT2D eigenvalue weighted by atomic mass is 9.78. The molecule has 88 valence electrons. The monoisotopic (exact) mass is 214 g/mol. The van der Waals surface area contributed by atoms with E-state index >= 15 is 0 Å². The van der Waals surface area contributed by atoms with Crippen LogP contribution in [0.15, 0.2) is 0 Å².